The van der Waals surface area contributed by atoms with Crippen molar-refractivity contribution in [1.82, 2.24) is 10.2 Å². The van der Waals surface area contributed by atoms with Crippen LogP contribution in [0.3, 0.4) is 0 Å². The maximum absolute atomic E-state index is 3.48. The van der Waals surface area contributed by atoms with Crippen LogP contribution in [-0.2, 0) is 0 Å². The van der Waals surface area contributed by atoms with E-state index in [-0.39, 0.29) is 0 Å². The molecule has 0 spiro atoms. The molecule has 1 aliphatic rings. The number of piperidine rings is 1. The van der Waals surface area contributed by atoms with Gasteiger partial charge in [-0.15, -0.1) is 11.3 Å². The summed E-state index contributed by atoms with van der Waals surface area (Å²) in [5, 5.41) is 5.64. The molecule has 84 valence electrons. The van der Waals surface area contributed by atoms with Gasteiger partial charge in [0.1, 0.15) is 0 Å². The molecule has 1 aromatic heterocycles. The second kappa shape index (κ2) is 5.10. The first-order chi connectivity index (χ1) is 7.29. The van der Waals surface area contributed by atoms with E-state index in [1.54, 1.807) is 0 Å². The Bertz CT molecular complexity index is 278. The Morgan fingerprint density at radius 3 is 3.07 bits per heavy atom. The fraction of sp³-hybridized carbons (Fsp3) is 0.667. The van der Waals surface area contributed by atoms with Gasteiger partial charge in [0, 0.05) is 23.5 Å². The lowest BCUT2D eigenvalue weighted by molar-refractivity contribution is 0.158. The zero-order chi connectivity index (χ0) is 10.7. The summed E-state index contributed by atoms with van der Waals surface area (Å²) in [6, 6.07) is 5.64. The molecule has 1 aromatic rings. The summed E-state index contributed by atoms with van der Waals surface area (Å²) in [5.41, 5.74) is 0. The van der Waals surface area contributed by atoms with E-state index >= 15 is 0 Å². The van der Waals surface area contributed by atoms with Gasteiger partial charge in [0.25, 0.3) is 0 Å². The van der Waals surface area contributed by atoms with Crippen molar-refractivity contribution in [3.8, 4) is 0 Å². The van der Waals surface area contributed by atoms with Crippen molar-refractivity contribution in [3.05, 3.63) is 22.4 Å². The average Bonchev–Trinajstić information content (AvgIpc) is 2.82. The van der Waals surface area contributed by atoms with Gasteiger partial charge in [-0.3, -0.25) is 4.90 Å². The Labute approximate surface area is 96.3 Å². The summed E-state index contributed by atoms with van der Waals surface area (Å²) in [5.74, 6) is 0. The van der Waals surface area contributed by atoms with Crippen LogP contribution < -0.4 is 5.32 Å². The highest BCUT2D eigenvalue weighted by molar-refractivity contribution is 7.10. The largest absolute Gasteiger partial charge is 0.315 e. The predicted octanol–water partition coefficient (Wildman–Crippen LogP) is 2.49. The topological polar surface area (TPSA) is 15.3 Å². The Hall–Kier alpha value is -0.380. The zero-order valence-corrected chi connectivity index (χ0v) is 10.4. The molecule has 3 heteroatoms. The molecule has 1 N–H and O–H groups in total. The standard InChI is InChI=1S/C12H20N2S/c1-10(12-6-4-8-15-12)14(2)11-5-3-7-13-9-11/h4,6,8,10-11,13H,3,5,7,9H2,1-2H3/t10-,11-/m1/s1. The molecule has 1 saturated heterocycles. The first-order valence-corrected chi connectivity index (χ1v) is 6.63. The summed E-state index contributed by atoms with van der Waals surface area (Å²) in [4.78, 5) is 3.99. The highest BCUT2D eigenvalue weighted by Crippen LogP contribution is 2.26. The monoisotopic (exact) mass is 224 g/mol. The number of nitrogens with one attached hydrogen (secondary N) is 1. The molecule has 1 aliphatic heterocycles. The smallest absolute Gasteiger partial charge is 0.0413 e. The van der Waals surface area contributed by atoms with Gasteiger partial charge < -0.3 is 5.32 Å². The van der Waals surface area contributed by atoms with Crippen LogP contribution in [0.2, 0.25) is 0 Å². The van der Waals surface area contributed by atoms with Gasteiger partial charge in [-0.05, 0) is 44.8 Å². The predicted molar refractivity (Wildman–Crippen MR) is 66.4 cm³/mol. The molecule has 2 rings (SSSR count). The van der Waals surface area contributed by atoms with Gasteiger partial charge >= 0.3 is 0 Å². The number of likely N-dealkylation sites (N-methyl/N-ethyl adjacent to an activating group) is 1. The van der Waals surface area contributed by atoms with E-state index in [1.165, 1.54) is 24.3 Å². The van der Waals surface area contributed by atoms with E-state index in [9.17, 15) is 0 Å². The SMILES string of the molecule is C[C@H](c1cccs1)N(C)[C@@H]1CCCNC1. The minimum atomic E-state index is 0.551. The van der Waals surface area contributed by atoms with Crippen LogP contribution in [0, 0.1) is 0 Å². The lowest BCUT2D eigenvalue weighted by Gasteiger charge is -2.35. The van der Waals surface area contributed by atoms with E-state index in [1.807, 2.05) is 11.3 Å². The molecule has 0 amide bonds. The quantitative estimate of drug-likeness (QED) is 0.848. The van der Waals surface area contributed by atoms with Crippen molar-refractivity contribution in [3.63, 3.8) is 0 Å². The highest BCUT2D eigenvalue weighted by atomic mass is 32.1. The summed E-state index contributed by atoms with van der Waals surface area (Å²) in [6.07, 6.45) is 2.64. The first kappa shape index (κ1) is 11.1. The molecule has 0 saturated carbocycles. The van der Waals surface area contributed by atoms with Crippen LogP contribution in [0.1, 0.15) is 30.7 Å². The molecule has 0 aromatic carbocycles. The van der Waals surface area contributed by atoms with E-state index in [0.717, 1.165) is 6.54 Å². The number of rotatable bonds is 3. The minimum absolute atomic E-state index is 0.551. The number of thiophene rings is 1. The van der Waals surface area contributed by atoms with Crippen molar-refractivity contribution >= 4 is 11.3 Å². The van der Waals surface area contributed by atoms with Crippen LogP contribution in [0.5, 0.6) is 0 Å². The van der Waals surface area contributed by atoms with Gasteiger partial charge in [-0.25, -0.2) is 0 Å². The third-order valence-corrected chi connectivity index (χ3v) is 4.46. The van der Waals surface area contributed by atoms with Gasteiger partial charge in [0.2, 0.25) is 0 Å². The molecule has 2 heterocycles. The van der Waals surface area contributed by atoms with Crippen molar-refractivity contribution < 1.29 is 0 Å². The first-order valence-electron chi connectivity index (χ1n) is 5.75. The maximum Gasteiger partial charge on any atom is 0.0413 e. The summed E-state index contributed by atoms with van der Waals surface area (Å²) < 4.78 is 0. The summed E-state index contributed by atoms with van der Waals surface area (Å²) in [6.45, 7) is 4.64. The highest BCUT2D eigenvalue weighted by Gasteiger charge is 2.22. The van der Waals surface area contributed by atoms with E-state index < -0.39 is 0 Å². The normalized spacial score (nSPS) is 24.3. The summed E-state index contributed by atoms with van der Waals surface area (Å²) >= 11 is 1.86. The Balaban J connectivity index is 1.97. The van der Waals surface area contributed by atoms with Crippen molar-refractivity contribution in [2.45, 2.75) is 31.8 Å². The van der Waals surface area contributed by atoms with Crippen molar-refractivity contribution in [2.75, 3.05) is 20.1 Å². The van der Waals surface area contributed by atoms with Crippen LogP contribution >= 0.6 is 11.3 Å². The average molecular weight is 224 g/mol. The Morgan fingerprint density at radius 1 is 1.60 bits per heavy atom. The third-order valence-electron chi connectivity index (χ3n) is 3.41. The van der Waals surface area contributed by atoms with Crippen LogP contribution in [-0.4, -0.2) is 31.1 Å². The molecule has 0 unspecified atom stereocenters. The molecule has 0 aliphatic carbocycles. The van der Waals surface area contributed by atoms with Crippen molar-refractivity contribution in [2.24, 2.45) is 0 Å². The second-order valence-electron chi connectivity index (χ2n) is 4.36. The van der Waals surface area contributed by atoms with Gasteiger partial charge in [-0.1, -0.05) is 6.07 Å². The fourth-order valence-electron chi connectivity index (χ4n) is 2.23. The van der Waals surface area contributed by atoms with E-state index in [2.05, 4.69) is 41.7 Å². The number of hydrogen-bond donors (Lipinski definition) is 1. The van der Waals surface area contributed by atoms with Gasteiger partial charge in [-0.2, -0.15) is 0 Å². The molecular weight excluding hydrogens is 204 g/mol. The van der Waals surface area contributed by atoms with Gasteiger partial charge in [0.15, 0.2) is 0 Å². The van der Waals surface area contributed by atoms with E-state index in [0.29, 0.717) is 12.1 Å². The molecular formula is C12H20N2S. The Morgan fingerprint density at radius 2 is 2.47 bits per heavy atom. The number of hydrogen-bond acceptors (Lipinski definition) is 3. The second-order valence-corrected chi connectivity index (χ2v) is 5.34. The molecule has 15 heavy (non-hydrogen) atoms. The Kier molecular flexibility index (Phi) is 3.78. The van der Waals surface area contributed by atoms with Crippen LogP contribution in [0.15, 0.2) is 17.5 Å². The lowest BCUT2D eigenvalue weighted by atomic mass is 10.0. The third kappa shape index (κ3) is 2.60. The fourth-order valence-corrected chi connectivity index (χ4v) is 3.06. The molecule has 0 radical (unpaired) electrons. The molecule has 1 fully saturated rings. The van der Waals surface area contributed by atoms with Crippen LogP contribution in [0.4, 0.5) is 0 Å². The number of nitrogens with zero attached hydrogens (tertiary/aromatic N) is 1. The van der Waals surface area contributed by atoms with Gasteiger partial charge in [0.05, 0.1) is 0 Å². The van der Waals surface area contributed by atoms with Crippen molar-refractivity contribution in [1.29, 1.82) is 0 Å². The maximum atomic E-state index is 3.48. The molecule has 2 atom stereocenters. The zero-order valence-electron chi connectivity index (χ0n) is 9.57. The lowest BCUT2D eigenvalue weighted by Crippen LogP contribution is -2.44. The molecule has 0 bridgehead atoms. The molecule has 2 nitrogen and oxygen atoms in total. The van der Waals surface area contributed by atoms with Crippen LogP contribution in [0.25, 0.3) is 0 Å². The minimum Gasteiger partial charge on any atom is -0.315 e. The van der Waals surface area contributed by atoms with E-state index in [4.69, 9.17) is 0 Å². The summed E-state index contributed by atoms with van der Waals surface area (Å²) in [7, 11) is 2.25.